The molecule has 0 spiro atoms. The average molecular weight is 249 g/mol. The lowest BCUT2D eigenvalue weighted by molar-refractivity contribution is -0.129. The van der Waals surface area contributed by atoms with Crippen molar-refractivity contribution in [2.24, 2.45) is 5.73 Å². The SMILES string of the molecule is CN(CC(=O)N(C)C)Cc1ccc(C(N)=O)cc1. The molecule has 0 atom stereocenters. The number of likely N-dealkylation sites (N-methyl/N-ethyl adjacent to an activating group) is 2. The number of carbonyl (C=O) groups is 2. The van der Waals surface area contributed by atoms with Gasteiger partial charge in [0, 0.05) is 26.2 Å². The molecule has 0 radical (unpaired) electrons. The molecular weight excluding hydrogens is 230 g/mol. The zero-order chi connectivity index (χ0) is 13.7. The molecule has 0 heterocycles. The molecule has 0 saturated heterocycles. The Balaban J connectivity index is 2.57. The van der Waals surface area contributed by atoms with Gasteiger partial charge in [0.15, 0.2) is 0 Å². The van der Waals surface area contributed by atoms with Crippen LogP contribution in [0.2, 0.25) is 0 Å². The molecule has 0 aliphatic heterocycles. The molecule has 1 rings (SSSR count). The van der Waals surface area contributed by atoms with Gasteiger partial charge in [-0.2, -0.15) is 0 Å². The van der Waals surface area contributed by atoms with E-state index in [0.29, 0.717) is 18.7 Å². The molecule has 98 valence electrons. The number of hydrogen-bond acceptors (Lipinski definition) is 3. The van der Waals surface area contributed by atoms with E-state index in [-0.39, 0.29) is 5.91 Å². The van der Waals surface area contributed by atoms with Gasteiger partial charge < -0.3 is 10.6 Å². The summed E-state index contributed by atoms with van der Waals surface area (Å²) >= 11 is 0. The molecule has 2 N–H and O–H groups in total. The summed E-state index contributed by atoms with van der Waals surface area (Å²) in [7, 11) is 5.35. The minimum Gasteiger partial charge on any atom is -0.366 e. The first-order valence-corrected chi connectivity index (χ1v) is 5.67. The van der Waals surface area contributed by atoms with Crippen LogP contribution in [-0.2, 0) is 11.3 Å². The number of nitrogens with zero attached hydrogens (tertiary/aromatic N) is 2. The van der Waals surface area contributed by atoms with Gasteiger partial charge in [0.25, 0.3) is 0 Å². The quantitative estimate of drug-likeness (QED) is 0.816. The monoisotopic (exact) mass is 249 g/mol. The topological polar surface area (TPSA) is 66.6 Å². The summed E-state index contributed by atoms with van der Waals surface area (Å²) in [5.41, 5.74) is 6.69. The number of amides is 2. The van der Waals surface area contributed by atoms with Crippen LogP contribution < -0.4 is 5.73 Å². The summed E-state index contributed by atoms with van der Waals surface area (Å²) in [6.45, 7) is 1.02. The van der Waals surface area contributed by atoms with E-state index in [0.717, 1.165) is 5.56 Å². The first kappa shape index (κ1) is 14.2. The minimum absolute atomic E-state index is 0.0613. The van der Waals surface area contributed by atoms with E-state index in [1.165, 1.54) is 0 Å². The molecule has 18 heavy (non-hydrogen) atoms. The van der Waals surface area contributed by atoms with Crippen molar-refractivity contribution in [1.29, 1.82) is 0 Å². The second-order valence-corrected chi connectivity index (χ2v) is 4.52. The van der Waals surface area contributed by atoms with Crippen molar-refractivity contribution in [3.05, 3.63) is 35.4 Å². The van der Waals surface area contributed by atoms with Crippen LogP contribution in [0, 0.1) is 0 Å². The Bertz CT molecular complexity index is 426. The first-order valence-electron chi connectivity index (χ1n) is 5.67. The molecule has 0 saturated carbocycles. The van der Waals surface area contributed by atoms with Crippen molar-refractivity contribution in [2.45, 2.75) is 6.54 Å². The number of nitrogens with two attached hydrogens (primary N) is 1. The molecule has 1 aromatic carbocycles. The highest BCUT2D eigenvalue weighted by atomic mass is 16.2. The van der Waals surface area contributed by atoms with Crippen molar-refractivity contribution in [1.82, 2.24) is 9.80 Å². The summed E-state index contributed by atoms with van der Waals surface area (Å²) < 4.78 is 0. The Morgan fingerprint density at radius 2 is 1.67 bits per heavy atom. The second kappa shape index (κ2) is 6.16. The van der Waals surface area contributed by atoms with E-state index in [1.807, 2.05) is 24.1 Å². The number of carbonyl (C=O) groups excluding carboxylic acids is 2. The Labute approximate surface area is 107 Å². The second-order valence-electron chi connectivity index (χ2n) is 4.52. The van der Waals surface area contributed by atoms with Gasteiger partial charge in [-0.05, 0) is 24.7 Å². The van der Waals surface area contributed by atoms with Crippen molar-refractivity contribution in [2.75, 3.05) is 27.7 Å². The number of benzene rings is 1. The van der Waals surface area contributed by atoms with Crippen LogP contribution in [0.4, 0.5) is 0 Å². The fourth-order valence-corrected chi connectivity index (χ4v) is 1.51. The highest BCUT2D eigenvalue weighted by Crippen LogP contribution is 2.06. The Hall–Kier alpha value is -1.88. The van der Waals surface area contributed by atoms with Crippen LogP contribution in [0.15, 0.2) is 24.3 Å². The standard InChI is InChI=1S/C13H19N3O2/c1-15(2)12(17)9-16(3)8-10-4-6-11(7-5-10)13(14)18/h4-7H,8-9H2,1-3H3,(H2,14,18). The van der Waals surface area contributed by atoms with Crippen molar-refractivity contribution in [3.8, 4) is 0 Å². The third-order valence-electron chi connectivity index (χ3n) is 2.59. The predicted molar refractivity (Wildman–Crippen MR) is 70.0 cm³/mol. The van der Waals surface area contributed by atoms with E-state index in [2.05, 4.69) is 0 Å². The van der Waals surface area contributed by atoms with Crippen LogP contribution in [0.25, 0.3) is 0 Å². The minimum atomic E-state index is -0.433. The van der Waals surface area contributed by atoms with Crippen LogP contribution in [0.1, 0.15) is 15.9 Å². The predicted octanol–water partition coefficient (Wildman–Crippen LogP) is 0.306. The lowest BCUT2D eigenvalue weighted by Crippen LogP contribution is -2.34. The maximum Gasteiger partial charge on any atom is 0.248 e. The maximum atomic E-state index is 11.5. The average Bonchev–Trinajstić information content (AvgIpc) is 2.29. The lowest BCUT2D eigenvalue weighted by Gasteiger charge is -2.18. The van der Waals surface area contributed by atoms with Gasteiger partial charge in [0.05, 0.1) is 6.54 Å². The third kappa shape index (κ3) is 4.18. The lowest BCUT2D eigenvalue weighted by atomic mass is 10.1. The van der Waals surface area contributed by atoms with Crippen molar-refractivity contribution in [3.63, 3.8) is 0 Å². The number of primary amides is 1. The highest BCUT2D eigenvalue weighted by molar-refractivity contribution is 5.92. The molecule has 0 aliphatic carbocycles. The van der Waals surface area contributed by atoms with Crippen molar-refractivity contribution < 1.29 is 9.59 Å². The largest absolute Gasteiger partial charge is 0.366 e. The fraction of sp³-hybridized carbons (Fsp3) is 0.385. The zero-order valence-electron chi connectivity index (χ0n) is 11.0. The van der Waals surface area contributed by atoms with E-state index >= 15 is 0 Å². The van der Waals surface area contributed by atoms with Gasteiger partial charge in [0.2, 0.25) is 11.8 Å². The number of rotatable bonds is 5. The molecule has 5 heteroatoms. The first-order chi connectivity index (χ1) is 8.40. The van der Waals surface area contributed by atoms with Crippen LogP contribution in [-0.4, -0.2) is 49.3 Å². The summed E-state index contributed by atoms with van der Waals surface area (Å²) in [4.78, 5) is 25.9. The third-order valence-corrected chi connectivity index (χ3v) is 2.59. The van der Waals surface area contributed by atoms with Gasteiger partial charge in [-0.25, -0.2) is 0 Å². The molecule has 1 aromatic rings. The van der Waals surface area contributed by atoms with Crippen LogP contribution >= 0.6 is 0 Å². The molecule has 2 amide bonds. The maximum absolute atomic E-state index is 11.5. The summed E-state index contributed by atoms with van der Waals surface area (Å²) in [5, 5.41) is 0. The smallest absolute Gasteiger partial charge is 0.248 e. The van der Waals surface area contributed by atoms with Gasteiger partial charge in [-0.3, -0.25) is 14.5 Å². The fourth-order valence-electron chi connectivity index (χ4n) is 1.51. The summed E-state index contributed by atoms with van der Waals surface area (Å²) in [6, 6.07) is 7.08. The van der Waals surface area contributed by atoms with Crippen LogP contribution in [0.5, 0.6) is 0 Å². The van der Waals surface area contributed by atoms with Gasteiger partial charge in [-0.15, -0.1) is 0 Å². The van der Waals surface area contributed by atoms with E-state index < -0.39 is 5.91 Å². The summed E-state index contributed by atoms with van der Waals surface area (Å²) in [6.07, 6.45) is 0. The van der Waals surface area contributed by atoms with Crippen LogP contribution in [0.3, 0.4) is 0 Å². The number of hydrogen-bond donors (Lipinski definition) is 1. The molecule has 0 aromatic heterocycles. The van der Waals surface area contributed by atoms with E-state index in [4.69, 9.17) is 5.73 Å². The Morgan fingerprint density at radius 3 is 2.11 bits per heavy atom. The molecule has 0 fully saturated rings. The molecule has 0 aliphatic rings. The normalized spacial score (nSPS) is 10.4. The van der Waals surface area contributed by atoms with E-state index in [9.17, 15) is 9.59 Å². The Morgan fingerprint density at radius 1 is 1.11 bits per heavy atom. The molecular formula is C13H19N3O2. The van der Waals surface area contributed by atoms with Crippen molar-refractivity contribution >= 4 is 11.8 Å². The van der Waals surface area contributed by atoms with Gasteiger partial charge >= 0.3 is 0 Å². The zero-order valence-corrected chi connectivity index (χ0v) is 11.0. The molecule has 0 bridgehead atoms. The highest BCUT2D eigenvalue weighted by Gasteiger charge is 2.09. The summed E-state index contributed by atoms with van der Waals surface area (Å²) in [5.74, 6) is -0.371. The van der Waals surface area contributed by atoms with E-state index in [1.54, 1.807) is 31.1 Å². The van der Waals surface area contributed by atoms with Gasteiger partial charge in [0.1, 0.15) is 0 Å². The Kier molecular flexibility index (Phi) is 4.85. The molecule has 0 unspecified atom stereocenters. The molecule has 5 nitrogen and oxygen atoms in total. The van der Waals surface area contributed by atoms with Gasteiger partial charge in [-0.1, -0.05) is 12.1 Å².